The van der Waals surface area contributed by atoms with E-state index in [0.29, 0.717) is 5.69 Å². The zero-order valence-electron chi connectivity index (χ0n) is 18.6. The van der Waals surface area contributed by atoms with Crippen molar-refractivity contribution in [1.29, 1.82) is 0 Å². The molecule has 1 aromatic heterocycles. The van der Waals surface area contributed by atoms with Gasteiger partial charge in [0.1, 0.15) is 34.6 Å². The number of hydrogen-bond acceptors (Lipinski definition) is 8. The molecule has 1 aliphatic rings. The number of nitrogens with zero attached hydrogens (tertiary/aromatic N) is 1. The van der Waals surface area contributed by atoms with E-state index in [1.807, 2.05) is 0 Å². The van der Waals surface area contributed by atoms with E-state index in [1.54, 1.807) is 30.3 Å². The average molecular weight is 463 g/mol. The van der Waals surface area contributed by atoms with Crippen molar-refractivity contribution in [3.05, 3.63) is 83.3 Å². The molecular weight excluding hydrogens is 442 g/mol. The third-order valence-electron chi connectivity index (χ3n) is 5.49. The Hall–Kier alpha value is -4.53. The van der Waals surface area contributed by atoms with Gasteiger partial charge in [0.25, 0.3) is 11.7 Å². The van der Waals surface area contributed by atoms with Crippen LogP contribution in [0.4, 0.5) is 5.69 Å². The summed E-state index contributed by atoms with van der Waals surface area (Å²) in [6, 6.07) is 13.0. The third kappa shape index (κ3) is 3.66. The third-order valence-corrected chi connectivity index (χ3v) is 5.49. The Kier molecular flexibility index (Phi) is 6.09. The second-order valence-corrected chi connectivity index (χ2v) is 7.26. The highest BCUT2D eigenvalue weighted by Gasteiger charge is 2.48. The standard InChI is InChI=1S/C25H21NO8/c1-31-16-6-4-7-17(32-2)19(16)22(27)20-21(18-8-5-13-34-18)26(24(29)23(20)28)15-11-9-14(10-12-15)25(30)33-3/h4-13,21,27H,1-3H3/b22-20+. The van der Waals surface area contributed by atoms with E-state index in [1.165, 1.54) is 56.8 Å². The molecule has 0 spiro atoms. The van der Waals surface area contributed by atoms with E-state index < -0.39 is 29.5 Å². The van der Waals surface area contributed by atoms with Gasteiger partial charge in [-0.3, -0.25) is 14.5 Å². The van der Waals surface area contributed by atoms with E-state index in [4.69, 9.17) is 18.6 Å². The van der Waals surface area contributed by atoms with Crippen molar-refractivity contribution in [1.82, 2.24) is 0 Å². The molecule has 4 rings (SSSR count). The molecule has 0 saturated carbocycles. The van der Waals surface area contributed by atoms with Crippen LogP contribution in [0.25, 0.3) is 5.76 Å². The quantitative estimate of drug-likeness (QED) is 0.255. The number of Topliss-reactive ketones (excluding diaryl/α,β-unsaturated/α-hetero) is 1. The number of benzene rings is 2. The SMILES string of the molecule is COC(=O)c1ccc(N2C(=O)C(=O)/C(=C(/O)c3c(OC)cccc3OC)C2c2ccco2)cc1. The number of aliphatic hydroxyl groups excluding tert-OH is 1. The molecule has 1 unspecified atom stereocenters. The number of ketones is 1. The molecule has 1 fully saturated rings. The van der Waals surface area contributed by atoms with E-state index in [2.05, 4.69) is 0 Å². The maximum Gasteiger partial charge on any atom is 0.337 e. The van der Waals surface area contributed by atoms with Gasteiger partial charge in [-0.05, 0) is 48.5 Å². The van der Waals surface area contributed by atoms with Crippen molar-refractivity contribution in [3.63, 3.8) is 0 Å². The number of anilines is 1. The van der Waals surface area contributed by atoms with Crippen molar-refractivity contribution >= 4 is 29.1 Å². The van der Waals surface area contributed by atoms with Gasteiger partial charge in [0.2, 0.25) is 0 Å². The zero-order valence-corrected chi connectivity index (χ0v) is 18.6. The van der Waals surface area contributed by atoms with Gasteiger partial charge in [-0.25, -0.2) is 4.79 Å². The van der Waals surface area contributed by atoms with Crippen molar-refractivity contribution < 1.29 is 38.1 Å². The molecular formula is C25H21NO8. The molecule has 2 heterocycles. The number of amides is 1. The number of esters is 1. The van der Waals surface area contributed by atoms with Crippen LogP contribution >= 0.6 is 0 Å². The van der Waals surface area contributed by atoms with Crippen LogP contribution in [0.5, 0.6) is 11.5 Å². The number of carbonyl (C=O) groups excluding carboxylic acids is 3. The molecule has 174 valence electrons. The van der Waals surface area contributed by atoms with Gasteiger partial charge in [0, 0.05) is 5.69 Å². The topological polar surface area (TPSA) is 116 Å². The molecule has 1 aliphatic heterocycles. The molecule has 1 amide bonds. The number of rotatable bonds is 6. The second kappa shape index (κ2) is 9.14. The van der Waals surface area contributed by atoms with Crippen molar-refractivity contribution in [3.8, 4) is 11.5 Å². The summed E-state index contributed by atoms with van der Waals surface area (Å²) in [6.07, 6.45) is 1.40. The van der Waals surface area contributed by atoms with Gasteiger partial charge in [0.15, 0.2) is 0 Å². The number of furan rings is 1. The van der Waals surface area contributed by atoms with Crippen LogP contribution in [0.2, 0.25) is 0 Å². The predicted octanol–water partition coefficient (Wildman–Crippen LogP) is 3.71. The zero-order chi connectivity index (χ0) is 24.4. The molecule has 9 heteroatoms. The van der Waals surface area contributed by atoms with Gasteiger partial charge >= 0.3 is 5.97 Å². The van der Waals surface area contributed by atoms with E-state index >= 15 is 0 Å². The maximum absolute atomic E-state index is 13.2. The summed E-state index contributed by atoms with van der Waals surface area (Å²) in [4.78, 5) is 39.4. The van der Waals surface area contributed by atoms with Gasteiger partial charge in [-0.1, -0.05) is 6.07 Å². The Morgan fingerprint density at radius 3 is 2.12 bits per heavy atom. The van der Waals surface area contributed by atoms with Crippen LogP contribution in [-0.2, 0) is 14.3 Å². The summed E-state index contributed by atoms with van der Waals surface area (Å²) >= 11 is 0. The maximum atomic E-state index is 13.2. The van der Waals surface area contributed by atoms with Crippen molar-refractivity contribution in [2.24, 2.45) is 0 Å². The summed E-state index contributed by atoms with van der Waals surface area (Å²) in [5.41, 5.74) is 0.529. The smallest absolute Gasteiger partial charge is 0.337 e. The lowest BCUT2D eigenvalue weighted by molar-refractivity contribution is -0.132. The molecule has 0 radical (unpaired) electrons. The monoisotopic (exact) mass is 463 g/mol. The Morgan fingerprint density at radius 2 is 1.59 bits per heavy atom. The first kappa shape index (κ1) is 22.7. The Labute approximate surface area is 194 Å². The van der Waals surface area contributed by atoms with Gasteiger partial charge in [0.05, 0.1) is 38.7 Å². The van der Waals surface area contributed by atoms with E-state index in [-0.39, 0.29) is 34.0 Å². The highest BCUT2D eigenvalue weighted by Crippen LogP contribution is 2.45. The van der Waals surface area contributed by atoms with Gasteiger partial charge < -0.3 is 23.7 Å². The highest BCUT2D eigenvalue weighted by atomic mass is 16.5. The number of carbonyl (C=O) groups is 3. The number of ether oxygens (including phenoxy) is 3. The minimum Gasteiger partial charge on any atom is -0.506 e. The van der Waals surface area contributed by atoms with Gasteiger partial charge in [-0.2, -0.15) is 0 Å². The molecule has 1 atom stereocenters. The predicted molar refractivity (Wildman–Crippen MR) is 121 cm³/mol. The lowest BCUT2D eigenvalue weighted by Crippen LogP contribution is -2.29. The van der Waals surface area contributed by atoms with E-state index in [9.17, 15) is 19.5 Å². The number of aliphatic hydroxyl groups is 1. The van der Waals surface area contributed by atoms with Crippen LogP contribution in [0.15, 0.2) is 70.9 Å². The van der Waals surface area contributed by atoms with Gasteiger partial charge in [-0.15, -0.1) is 0 Å². The fourth-order valence-corrected chi connectivity index (χ4v) is 3.91. The lowest BCUT2D eigenvalue weighted by atomic mass is 9.98. The molecule has 3 aromatic rings. The summed E-state index contributed by atoms with van der Waals surface area (Å²) in [5.74, 6) is -2.03. The summed E-state index contributed by atoms with van der Waals surface area (Å²) in [5, 5.41) is 11.3. The summed E-state index contributed by atoms with van der Waals surface area (Å²) in [6.45, 7) is 0. The second-order valence-electron chi connectivity index (χ2n) is 7.26. The molecule has 9 nitrogen and oxygen atoms in total. The fraction of sp³-hybridized carbons (Fsp3) is 0.160. The number of hydrogen-bond donors (Lipinski definition) is 1. The molecule has 1 N–H and O–H groups in total. The van der Waals surface area contributed by atoms with Crippen LogP contribution < -0.4 is 14.4 Å². The van der Waals surface area contributed by atoms with Crippen molar-refractivity contribution in [2.45, 2.75) is 6.04 Å². The van der Waals surface area contributed by atoms with Crippen LogP contribution in [0, 0.1) is 0 Å². The Balaban J connectivity index is 1.92. The summed E-state index contributed by atoms with van der Waals surface area (Å²) < 4.78 is 21.0. The van der Waals surface area contributed by atoms with E-state index in [0.717, 1.165) is 0 Å². The Bertz CT molecular complexity index is 1250. The number of methoxy groups -OCH3 is 3. The molecule has 1 saturated heterocycles. The largest absolute Gasteiger partial charge is 0.506 e. The molecule has 0 bridgehead atoms. The Morgan fingerprint density at radius 1 is 0.941 bits per heavy atom. The average Bonchev–Trinajstić information content (AvgIpc) is 3.49. The van der Waals surface area contributed by atoms with Crippen LogP contribution in [0.3, 0.4) is 0 Å². The fourth-order valence-electron chi connectivity index (χ4n) is 3.91. The summed E-state index contributed by atoms with van der Waals surface area (Å²) in [7, 11) is 4.09. The van der Waals surface area contributed by atoms with Crippen LogP contribution in [0.1, 0.15) is 27.7 Å². The normalized spacial score (nSPS) is 17.0. The first-order valence-corrected chi connectivity index (χ1v) is 10.2. The minimum atomic E-state index is -1.08. The molecule has 0 aliphatic carbocycles. The first-order valence-electron chi connectivity index (χ1n) is 10.2. The first-order chi connectivity index (χ1) is 16.4. The van der Waals surface area contributed by atoms with Crippen LogP contribution in [-0.4, -0.2) is 44.1 Å². The van der Waals surface area contributed by atoms with Crippen molar-refractivity contribution in [2.75, 3.05) is 26.2 Å². The molecule has 34 heavy (non-hydrogen) atoms. The highest BCUT2D eigenvalue weighted by molar-refractivity contribution is 6.51. The molecule has 2 aromatic carbocycles. The lowest BCUT2D eigenvalue weighted by Gasteiger charge is -2.23. The minimum absolute atomic E-state index is 0.128.